The molecule has 0 radical (unpaired) electrons. The summed E-state index contributed by atoms with van der Waals surface area (Å²) in [5.74, 6) is 0.972. The van der Waals surface area contributed by atoms with E-state index in [2.05, 4.69) is 24.9 Å². The minimum Gasteiger partial charge on any atom is -0.360 e. The molecule has 1 fully saturated rings. The highest BCUT2D eigenvalue weighted by atomic mass is 32.2. The Kier molecular flexibility index (Phi) is 6.82. The fourth-order valence-corrected chi connectivity index (χ4v) is 5.57. The number of benzene rings is 1. The van der Waals surface area contributed by atoms with Crippen LogP contribution in [-0.4, -0.2) is 71.6 Å². The van der Waals surface area contributed by atoms with Crippen molar-refractivity contribution < 1.29 is 22.3 Å². The van der Waals surface area contributed by atoms with Crippen molar-refractivity contribution in [3.63, 3.8) is 0 Å². The Bertz CT molecular complexity index is 1260. The van der Waals surface area contributed by atoms with Crippen LogP contribution in [0.1, 0.15) is 29.8 Å². The Labute approximate surface area is 198 Å². The number of hydrogen-bond donors (Lipinski definition) is 1. The lowest BCUT2D eigenvalue weighted by Gasteiger charge is -2.35. The first-order valence-corrected chi connectivity index (χ1v) is 12.5. The third-order valence-electron chi connectivity index (χ3n) is 5.84. The standard InChI is InChI=1S/C22H28N6O5S/c1-14-7-5-6-8-18(14)21-23-19(33-25-21)13-27-9-11-28(12-10-27)22(29)16(3)26-34(30,31)20-15(2)24-32-17(20)4/h5-8,16,26H,9-13H2,1-4H3/t16-/m0/s1. The van der Waals surface area contributed by atoms with E-state index in [1.165, 1.54) is 13.8 Å². The quantitative estimate of drug-likeness (QED) is 0.527. The molecule has 0 spiro atoms. The molecule has 0 unspecified atom stereocenters. The van der Waals surface area contributed by atoms with Gasteiger partial charge in [0.15, 0.2) is 5.76 Å². The molecule has 4 rings (SSSR count). The molecule has 0 bridgehead atoms. The maximum Gasteiger partial charge on any atom is 0.246 e. The molecule has 0 saturated carbocycles. The molecule has 3 aromatic rings. The van der Waals surface area contributed by atoms with Crippen LogP contribution in [0, 0.1) is 20.8 Å². The van der Waals surface area contributed by atoms with Crippen LogP contribution in [0.4, 0.5) is 0 Å². The van der Waals surface area contributed by atoms with Crippen LogP contribution in [0.15, 0.2) is 38.2 Å². The highest BCUT2D eigenvalue weighted by Crippen LogP contribution is 2.21. The van der Waals surface area contributed by atoms with Gasteiger partial charge in [-0.1, -0.05) is 34.6 Å². The zero-order valence-electron chi connectivity index (χ0n) is 19.6. The molecule has 3 heterocycles. The second-order valence-corrected chi connectivity index (χ2v) is 10.1. The number of amides is 1. The van der Waals surface area contributed by atoms with Crippen molar-refractivity contribution in [2.75, 3.05) is 26.2 Å². The number of piperazine rings is 1. The zero-order valence-corrected chi connectivity index (χ0v) is 20.4. The average molecular weight is 489 g/mol. The van der Waals surface area contributed by atoms with E-state index in [0.717, 1.165) is 11.1 Å². The van der Waals surface area contributed by atoms with Gasteiger partial charge in [-0.25, -0.2) is 8.42 Å². The first kappa shape index (κ1) is 24.0. The van der Waals surface area contributed by atoms with Gasteiger partial charge in [-0.3, -0.25) is 9.69 Å². The molecule has 2 aromatic heterocycles. The molecular formula is C22H28N6O5S. The number of aromatic nitrogens is 3. The monoisotopic (exact) mass is 488 g/mol. The second-order valence-electron chi connectivity index (χ2n) is 8.42. The molecule has 11 nitrogen and oxygen atoms in total. The maximum atomic E-state index is 12.9. The van der Waals surface area contributed by atoms with E-state index in [-0.39, 0.29) is 22.3 Å². The zero-order chi connectivity index (χ0) is 24.5. The van der Waals surface area contributed by atoms with E-state index >= 15 is 0 Å². The lowest BCUT2D eigenvalue weighted by molar-refractivity contribution is -0.134. The Hall–Kier alpha value is -3.09. The summed E-state index contributed by atoms with van der Waals surface area (Å²) in [5, 5.41) is 7.77. The molecule has 34 heavy (non-hydrogen) atoms. The Morgan fingerprint density at radius 2 is 1.79 bits per heavy atom. The largest absolute Gasteiger partial charge is 0.360 e. The van der Waals surface area contributed by atoms with Gasteiger partial charge in [-0.2, -0.15) is 9.71 Å². The molecule has 1 N–H and O–H groups in total. The summed E-state index contributed by atoms with van der Waals surface area (Å²) in [6.45, 7) is 9.23. The van der Waals surface area contributed by atoms with Crippen LogP contribution in [0.25, 0.3) is 11.4 Å². The minimum absolute atomic E-state index is 0.0263. The number of rotatable bonds is 7. The molecule has 1 aliphatic rings. The number of aryl methyl sites for hydroxylation is 3. The molecule has 1 amide bonds. The van der Waals surface area contributed by atoms with Gasteiger partial charge in [0.1, 0.15) is 10.6 Å². The second kappa shape index (κ2) is 9.65. The highest BCUT2D eigenvalue weighted by molar-refractivity contribution is 7.89. The maximum absolute atomic E-state index is 12.9. The molecular weight excluding hydrogens is 460 g/mol. The van der Waals surface area contributed by atoms with Crippen LogP contribution >= 0.6 is 0 Å². The van der Waals surface area contributed by atoms with E-state index in [4.69, 9.17) is 9.05 Å². The van der Waals surface area contributed by atoms with Gasteiger partial charge in [-0.15, -0.1) is 0 Å². The number of nitrogens with one attached hydrogen (secondary N) is 1. The Morgan fingerprint density at radius 1 is 1.09 bits per heavy atom. The smallest absolute Gasteiger partial charge is 0.246 e. The van der Waals surface area contributed by atoms with Crippen molar-refractivity contribution in [1.29, 1.82) is 0 Å². The molecule has 1 atom stereocenters. The fraction of sp³-hybridized carbons (Fsp3) is 0.455. The van der Waals surface area contributed by atoms with Crippen molar-refractivity contribution >= 4 is 15.9 Å². The third-order valence-corrected chi connectivity index (χ3v) is 7.62. The van der Waals surface area contributed by atoms with Gasteiger partial charge in [0.05, 0.1) is 12.6 Å². The number of nitrogens with zero attached hydrogens (tertiary/aromatic N) is 5. The fourth-order valence-electron chi connectivity index (χ4n) is 4.04. The third kappa shape index (κ3) is 5.03. The first-order valence-electron chi connectivity index (χ1n) is 11.0. The molecule has 182 valence electrons. The first-order chi connectivity index (χ1) is 16.2. The summed E-state index contributed by atoms with van der Waals surface area (Å²) < 4.78 is 38.2. The molecule has 1 saturated heterocycles. The summed E-state index contributed by atoms with van der Waals surface area (Å²) >= 11 is 0. The van der Waals surface area contributed by atoms with Crippen molar-refractivity contribution in [3.05, 3.63) is 47.2 Å². The van der Waals surface area contributed by atoms with Gasteiger partial charge < -0.3 is 13.9 Å². The van der Waals surface area contributed by atoms with Crippen LogP contribution < -0.4 is 4.72 Å². The van der Waals surface area contributed by atoms with Crippen molar-refractivity contribution in [3.8, 4) is 11.4 Å². The predicted octanol–water partition coefficient (Wildman–Crippen LogP) is 1.66. The number of hydrogen-bond acceptors (Lipinski definition) is 9. The van der Waals surface area contributed by atoms with Gasteiger partial charge in [0, 0.05) is 31.7 Å². The van der Waals surface area contributed by atoms with E-state index in [1.807, 2.05) is 31.2 Å². The summed E-state index contributed by atoms with van der Waals surface area (Å²) in [6, 6.07) is 6.93. The Balaban J connectivity index is 1.31. The van der Waals surface area contributed by atoms with Gasteiger partial charge in [0.2, 0.25) is 27.6 Å². The number of sulfonamides is 1. The molecule has 12 heteroatoms. The van der Waals surface area contributed by atoms with Gasteiger partial charge in [0.25, 0.3) is 0 Å². The van der Waals surface area contributed by atoms with Crippen LogP contribution in [0.3, 0.4) is 0 Å². The summed E-state index contributed by atoms with van der Waals surface area (Å²) in [7, 11) is -3.93. The Morgan fingerprint density at radius 3 is 2.44 bits per heavy atom. The molecule has 1 aliphatic heterocycles. The number of carbonyl (C=O) groups is 1. The lowest BCUT2D eigenvalue weighted by Crippen LogP contribution is -2.53. The van der Waals surface area contributed by atoms with Gasteiger partial charge in [-0.05, 0) is 33.3 Å². The SMILES string of the molecule is Cc1ccccc1-c1noc(CN2CCN(C(=O)[C@H](C)NS(=O)(=O)c3c(C)noc3C)CC2)n1. The van der Waals surface area contributed by atoms with Crippen LogP contribution in [0.2, 0.25) is 0 Å². The normalized spacial score (nSPS) is 16.1. The molecule has 0 aliphatic carbocycles. The molecule has 1 aromatic carbocycles. The number of carbonyl (C=O) groups excluding carboxylic acids is 1. The lowest BCUT2D eigenvalue weighted by atomic mass is 10.1. The van der Waals surface area contributed by atoms with E-state index in [1.54, 1.807) is 11.8 Å². The predicted molar refractivity (Wildman–Crippen MR) is 122 cm³/mol. The summed E-state index contributed by atoms with van der Waals surface area (Å²) in [5.41, 5.74) is 2.26. The van der Waals surface area contributed by atoms with Crippen LogP contribution in [0.5, 0.6) is 0 Å². The topological polar surface area (TPSA) is 135 Å². The van der Waals surface area contributed by atoms with E-state index in [9.17, 15) is 13.2 Å². The average Bonchev–Trinajstić information content (AvgIpc) is 3.40. The summed E-state index contributed by atoms with van der Waals surface area (Å²) in [6.07, 6.45) is 0. The minimum atomic E-state index is -3.93. The van der Waals surface area contributed by atoms with Crippen LogP contribution in [-0.2, 0) is 21.4 Å². The van der Waals surface area contributed by atoms with Crippen molar-refractivity contribution in [2.24, 2.45) is 0 Å². The van der Waals surface area contributed by atoms with Crippen molar-refractivity contribution in [2.45, 2.75) is 45.2 Å². The van der Waals surface area contributed by atoms with E-state index in [0.29, 0.717) is 44.4 Å². The van der Waals surface area contributed by atoms with Crippen molar-refractivity contribution in [1.82, 2.24) is 29.8 Å². The highest BCUT2D eigenvalue weighted by Gasteiger charge is 2.31. The van der Waals surface area contributed by atoms with Gasteiger partial charge >= 0.3 is 0 Å². The van der Waals surface area contributed by atoms with E-state index < -0.39 is 16.1 Å². The summed E-state index contributed by atoms with van der Waals surface area (Å²) in [4.78, 5) is 21.1.